The summed E-state index contributed by atoms with van der Waals surface area (Å²) in [7, 11) is 2.12. The highest BCUT2D eigenvalue weighted by molar-refractivity contribution is 7.16. The molecule has 0 N–H and O–H groups in total. The molecule has 2 aromatic rings. The van der Waals surface area contributed by atoms with Gasteiger partial charge in [-0.25, -0.2) is 4.98 Å². The van der Waals surface area contributed by atoms with Crippen molar-refractivity contribution in [3.8, 4) is 0 Å². The Morgan fingerprint density at radius 1 is 1.35 bits per heavy atom. The third-order valence-corrected chi connectivity index (χ3v) is 4.46. The van der Waals surface area contributed by atoms with E-state index in [0.717, 1.165) is 16.0 Å². The quantitative estimate of drug-likeness (QED) is 0.777. The summed E-state index contributed by atoms with van der Waals surface area (Å²) in [5.74, 6) is 0.980. The minimum atomic E-state index is 0.347. The van der Waals surface area contributed by atoms with Crippen LogP contribution in [0.1, 0.15) is 25.7 Å². The average Bonchev–Trinajstić information content (AvgIpc) is 2.97. The lowest BCUT2D eigenvalue weighted by atomic mass is 10.2. The third kappa shape index (κ3) is 2.00. The number of fused-ring (bicyclic) bond motifs is 1. The lowest BCUT2D eigenvalue weighted by molar-refractivity contribution is 0.648. The molecule has 2 aromatic heterocycles. The Morgan fingerprint density at radius 2 is 2.12 bits per heavy atom. The highest BCUT2D eigenvalue weighted by atomic mass is 35.5. The summed E-state index contributed by atoms with van der Waals surface area (Å²) in [5, 5.41) is 3.51. The van der Waals surface area contributed by atoms with Crippen molar-refractivity contribution in [3.05, 3.63) is 16.7 Å². The molecule has 0 amide bonds. The Labute approximate surface area is 109 Å². The average molecular weight is 268 g/mol. The van der Waals surface area contributed by atoms with Gasteiger partial charge in [-0.15, -0.1) is 11.3 Å². The third-order valence-electron chi connectivity index (χ3n) is 3.48. The van der Waals surface area contributed by atoms with E-state index in [1.165, 1.54) is 25.7 Å². The molecular formula is C12H14ClN3S. The van der Waals surface area contributed by atoms with Crippen molar-refractivity contribution in [2.45, 2.75) is 31.7 Å². The SMILES string of the molecule is CN(c1nc(Cl)nc2sccc12)C1CCCC1. The van der Waals surface area contributed by atoms with E-state index in [4.69, 9.17) is 11.6 Å². The van der Waals surface area contributed by atoms with E-state index in [1.807, 2.05) is 5.38 Å². The summed E-state index contributed by atoms with van der Waals surface area (Å²) in [4.78, 5) is 11.9. The molecule has 1 aliphatic rings. The molecule has 2 heterocycles. The van der Waals surface area contributed by atoms with Crippen LogP contribution in [0.5, 0.6) is 0 Å². The maximum atomic E-state index is 5.99. The fourth-order valence-electron chi connectivity index (χ4n) is 2.55. The van der Waals surface area contributed by atoms with Crippen molar-refractivity contribution in [1.82, 2.24) is 9.97 Å². The Kier molecular flexibility index (Phi) is 2.92. The highest BCUT2D eigenvalue weighted by Crippen LogP contribution is 2.32. The van der Waals surface area contributed by atoms with Crippen molar-refractivity contribution in [1.29, 1.82) is 0 Å². The molecule has 17 heavy (non-hydrogen) atoms. The minimum Gasteiger partial charge on any atom is -0.356 e. The number of hydrogen-bond donors (Lipinski definition) is 0. The summed E-state index contributed by atoms with van der Waals surface area (Å²) in [6.45, 7) is 0. The van der Waals surface area contributed by atoms with Gasteiger partial charge in [0.15, 0.2) is 0 Å². The Morgan fingerprint density at radius 3 is 2.88 bits per heavy atom. The number of anilines is 1. The second kappa shape index (κ2) is 4.42. The molecule has 90 valence electrons. The lowest BCUT2D eigenvalue weighted by Gasteiger charge is -2.25. The summed E-state index contributed by atoms with van der Waals surface area (Å²) >= 11 is 7.60. The summed E-state index contributed by atoms with van der Waals surface area (Å²) in [5.41, 5.74) is 0. The lowest BCUT2D eigenvalue weighted by Crippen LogP contribution is -2.29. The van der Waals surface area contributed by atoms with Crippen LogP contribution in [0.4, 0.5) is 5.82 Å². The van der Waals surface area contributed by atoms with Crippen LogP contribution >= 0.6 is 22.9 Å². The van der Waals surface area contributed by atoms with Gasteiger partial charge in [0, 0.05) is 13.1 Å². The first kappa shape index (κ1) is 11.2. The fourth-order valence-corrected chi connectivity index (χ4v) is 3.52. The molecule has 0 spiro atoms. The number of nitrogens with zero attached hydrogens (tertiary/aromatic N) is 3. The topological polar surface area (TPSA) is 29.0 Å². The van der Waals surface area contributed by atoms with E-state index in [2.05, 4.69) is 28.0 Å². The van der Waals surface area contributed by atoms with Gasteiger partial charge in [0.25, 0.3) is 0 Å². The van der Waals surface area contributed by atoms with Crippen LogP contribution in [0.25, 0.3) is 10.2 Å². The number of halogens is 1. The monoisotopic (exact) mass is 267 g/mol. The predicted molar refractivity (Wildman–Crippen MR) is 73.1 cm³/mol. The van der Waals surface area contributed by atoms with Gasteiger partial charge in [-0.3, -0.25) is 0 Å². The molecule has 0 radical (unpaired) electrons. The molecular weight excluding hydrogens is 254 g/mol. The van der Waals surface area contributed by atoms with Crippen LogP contribution in [0.2, 0.25) is 5.28 Å². The molecule has 0 aromatic carbocycles. The van der Waals surface area contributed by atoms with Crippen LogP contribution in [0, 0.1) is 0 Å². The first-order valence-corrected chi connectivity index (χ1v) is 7.15. The largest absolute Gasteiger partial charge is 0.356 e. The highest BCUT2D eigenvalue weighted by Gasteiger charge is 2.22. The van der Waals surface area contributed by atoms with Crippen LogP contribution in [0.3, 0.4) is 0 Å². The number of rotatable bonds is 2. The Hall–Kier alpha value is -0.870. The molecule has 1 aliphatic carbocycles. The van der Waals surface area contributed by atoms with Crippen LogP contribution < -0.4 is 4.90 Å². The summed E-state index contributed by atoms with van der Waals surface area (Å²) in [6.07, 6.45) is 5.15. The van der Waals surface area contributed by atoms with Gasteiger partial charge in [-0.1, -0.05) is 12.8 Å². The van der Waals surface area contributed by atoms with Gasteiger partial charge in [-0.05, 0) is 35.9 Å². The van der Waals surface area contributed by atoms with Gasteiger partial charge in [0.2, 0.25) is 5.28 Å². The van der Waals surface area contributed by atoms with Gasteiger partial charge in [0.05, 0.1) is 5.39 Å². The first-order valence-electron chi connectivity index (χ1n) is 5.89. The normalized spacial score (nSPS) is 16.8. The van der Waals surface area contributed by atoms with Crippen LogP contribution in [-0.2, 0) is 0 Å². The van der Waals surface area contributed by atoms with E-state index in [0.29, 0.717) is 11.3 Å². The zero-order chi connectivity index (χ0) is 11.8. The number of thiophene rings is 1. The van der Waals surface area contributed by atoms with E-state index < -0.39 is 0 Å². The van der Waals surface area contributed by atoms with Crippen molar-refractivity contribution in [2.24, 2.45) is 0 Å². The zero-order valence-electron chi connectivity index (χ0n) is 9.69. The molecule has 3 nitrogen and oxygen atoms in total. The zero-order valence-corrected chi connectivity index (χ0v) is 11.3. The van der Waals surface area contributed by atoms with E-state index in [1.54, 1.807) is 11.3 Å². The molecule has 1 fully saturated rings. The molecule has 0 bridgehead atoms. The molecule has 3 rings (SSSR count). The van der Waals surface area contributed by atoms with Crippen molar-refractivity contribution >= 4 is 39.0 Å². The van der Waals surface area contributed by atoms with E-state index in [9.17, 15) is 0 Å². The van der Waals surface area contributed by atoms with Gasteiger partial charge < -0.3 is 4.90 Å². The van der Waals surface area contributed by atoms with E-state index >= 15 is 0 Å². The second-order valence-electron chi connectivity index (χ2n) is 4.50. The summed E-state index contributed by atoms with van der Waals surface area (Å²) < 4.78 is 0. The molecule has 1 saturated carbocycles. The maximum absolute atomic E-state index is 5.99. The predicted octanol–water partition coefficient (Wildman–Crippen LogP) is 3.72. The smallest absolute Gasteiger partial charge is 0.225 e. The molecule has 5 heteroatoms. The second-order valence-corrected chi connectivity index (χ2v) is 5.74. The maximum Gasteiger partial charge on any atom is 0.225 e. The number of hydrogen-bond acceptors (Lipinski definition) is 4. The minimum absolute atomic E-state index is 0.347. The number of aromatic nitrogens is 2. The Bertz CT molecular complexity index is 534. The standard InChI is InChI=1S/C12H14ClN3S/c1-16(8-4-2-3-5-8)10-9-6-7-17-11(9)15-12(13)14-10/h6-8H,2-5H2,1H3. The van der Waals surface area contributed by atoms with Crippen LogP contribution in [0.15, 0.2) is 11.4 Å². The first-order chi connectivity index (χ1) is 8.25. The van der Waals surface area contributed by atoms with Gasteiger partial charge in [0.1, 0.15) is 10.6 Å². The van der Waals surface area contributed by atoms with Gasteiger partial charge >= 0.3 is 0 Å². The molecule has 0 saturated heterocycles. The Balaban J connectivity index is 2.05. The summed E-state index contributed by atoms with van der Waals surface area (Å²) in [6, 6.07) is 2.68. The van der Waals surface area contributed by atoms with Crippen molar-refractivity contribution in [3.63, 3.8) is 0 Å². The van der Waals surface area contributed by atoms with Crippen molar-refractivity contribution < 1.29 is 0 Å². The molecule has 0 atom stereocenters. The fraction of sp³-hybridized carbons (Fsp3) is 0.500. The van der Waals surface area contributed by atoms with Crippen molar-refractivity contribution in [2.75, 3.05) is 11.9 Å². The van der Waals surface area contributed by atoms with Gasteiger partial charge in [-0.2, -0.15) is 4.98 Å². The molecule has 0 unspecified atom stereocenters. The van der Waals surface area contributed by atoms with E-state index in [-0.39, 0.29) is 0 Å². The molecule has 0 aliphatic heterocycles. The van der Waals surface area contributed by atoms with Crippen LogP contribution in [-0.4, -0.2) is 23.1 Å².